The van der Waals surface area contributed by atoms with Crippen molar-refractivity contribution in [2.75, 3.05) is 6.79 Å². The van der Waals surface area contributed by atoms with E-state index in [2.05, 4.69) is 6.92 Å². The SMILES string of the molecule is CC1CC2=C1OCO2. The van der Waals surface area contributed by atoms with E-state index in [1.54, 1.807) is 0 Å². The highest BCUT2D eigenvalue weighted by Gasteiger charge is 2.33. The third-order valence-corrected chi connectivity index (χ3v) is 1.66. The van der Waals surface area contributed by atoms with Crippen molar-refractivity contribution in [1.82, 2.24) is 0 Å². The van der Waals surface area contributed by atoms with Crippen LogP contribution < -0.4 is 0 Å². The zero-order valence-corrected chi connectivity index (χ0v) is 4.81. The quantitative estimate of drug-likeness (QED) is 0.469. The van der Waals surface area contributed by atoms with Crippen molar-refractivity contribution in [3.8, 4) is 0 Å². The maximum Gasteiger partial charge on any atom is 0.230 e. The van der Waals surface area contributed by atoms with E-state index in [4.69, 9.17) is 9.47 Å². The van der Waals surface area contributed by atoms with Crippen molar-refractivity contribution < 1.29 is 9.47 Å². The molecule has 0 N–H and O–H groups in total. The van der Waals surface area contributed by atoms with Gasteiger partial charge in [0.2, 0.25) is 6.79 Å². The average molecular weight is 112 g/mol. The van der Waals surface area contributed by atoms with E-state index in [1.165, 1.54) is 0 Å². The lowest BCUT2D eigenvalue weighted by Crippen LogP contribution is -2.11. The standard InChI is InChI=1S/C6H8O2/c1-4-2-5-6(4)8-3-7-5/h4H,2-3H2,1H3. The number of hydrogen-bond donors (Lipinski definition) is 0. The number of rotatable bonds is 0. The summed E-state index contributed by atoms with van der Waals surface area (Å²) in [6.45, 7) is 2.60. The van der Waals surface area contributed by atoms with Gasteiger partial charge in [0.1, 0.15) is 11.5 Å². The Hall–Kier alpha value is -0.660. The molecule has 0 radical (unpaired) electrons. The van der Waals surface area contributed by atoms with Crippen LogP contribution in [0.15, 0.2) is 11.5 Å². The summed E-state index contributed by atoms with van der Waals surface area (Å²) in [5, 5.41) is 0. The fraction of sp³-hybridized carbons (Fsp3) is 0.667. The molecule has 0 amide bonds. The highest BCUT2D eigenvalue weighted by atomic mass is 16.7. The van der Waals surface area contributed by atoms with Gasteiger partial charge in [-0.3, -0.25) is 0 Å². The van der Waals surface area contributed by atoms with Gasteiger partial charge >= 0.3 is 0 Å². The largest absolute Gasteiger partial charge is 0.458 e. The molecule has 2 aliphatic rings. The first kappa shape index (κ1) is 4.24. The molecule has 1 aliphatic heterocycles. The highest BCUT2D eigenvalue weighted by Crippen LogP contribution is 2.39. The molecule has 0 saturated carbocycles. The molecule has 1 atom stereocenters. The molecule has 0 aromatic rings. The molecule has 0 aromatic heterocycles. The molecule has 2 heteroatoms. The molecule has 2 rings (SSSR count). The Kier molecular flexibility index (Phi) is 0.629. The Morgan fingerprint density at radius 1 is 1.50 bits per heavy atom. The minimum atomic E-state index is 0.453. The summed E-state index contributed by atoms with van der Waals surface area (Å²) < 4.78 is 10.2. The maximum absolute atomic E-state index is 5.12. The molecule has 0 bridgehead atoms. The average Bonchev–Trinajstić information content (AvgIpc) is 2.09. The molecular formula is C6H8O2. The summed E-state index contributed by atoms with van der Waals surface area (Å²) >= 11 is 0. The van der Waals surface area contributed by atoms with Gasteiger partial charge in [0.05, 0.1) is 0 Å². The van der Waals surface area contributed by atoms with Crippen LogP contribution in [0.25, 0.3) is 0 Å². The topological polar surface area (TPSA) is 18.5 Å². The summed E-state index contributed by atoms with van der Waals surface area (Å²) in [7, 11) is 0. The van der Waals surface area contributed by atoms with Crippen molar-refractivity contribution in [3.63, 3.8) is 0 Å². The summed E-state index contributed by atoms with van der Waals surface area (Å²) in [4.78, 5) is 0. The lowest BCUT2D eigenvalue weighted by atomic mass is 9.93. The highest BCUT2D eigenvalue weighted by molar-refractivity contribution is 5.19. The van der Waals surface area contributed by atoms with Crippen molar-refractivity contribution >= 4 is 0 Å². The van der Waals surface area contributed by atoms with Crippen LogP contribution in [0.3, 0.4) is 0 Å². The Balaban J connectivity index is 2.24. The zero-order chi connectivity index (χ0) is 5.56. The van der Waals surface area contributed by atoms with Crippen molar-refractivity contribution in [1.29, 1.82) is 0 Å². The van der Waals surface area contributed by atoms with Crippen molar-refractivity contribution in [2.45, 2.75) is 13.3 Å². The van der Waals surface area contributed by atoms with E-state index < -0.39 is 0 Å². The van der Waals surface area contributed by atoms with Crippen molar-refractivity contribution in [2.24, 2.45) is 5.92 Å². The normalized spacial score (nSPS) is 32.9. The van der Waals surface area contributed by atoms with Gasteiger partial charge in [0, 0.05) is 12.3 Å². The van der Waals surface area contributed by atoms with Gasteiger partial charge in [-0.05, 0) is 0 Å². The van der Waals surface area contributed by atoms with Gasteiger partial charge in [-0.1, -0.05) is 6.92 Å². The third kappa shape index (κ3) is 0.335. The first-order chi connectivity index (χ1) is 3.88. The number of allylic oxidation sites excluding steroid dienone is 2. The van der Waals surface area contributed by atoms with Crippen LogP contribution >= 0.6 is 0 Å². The second-order valence-corrected chi connectivity index (χ2v) is 2.30. The molecule has 0 aromatic carbocycles. The van der Waals surface area contributed by atoms with E-state index in [9.17, 15) is 0 Å². The van der Waals surface area contributed by atoms with E-state index in [0.29, 0.717) is 12.7 Å². The second-order valence-electron chi connectivity index (χ2n) is 2.30. The number of hydrogen-bond acceptors (Lipinski definition) is 2. The predicted octanol–water partition coefficient (Wildman–Crippen LogP) is 1.24. The fourth-order valence-corrected chi connectivity index (χ4v) is 1.13. The molecule has 1 heterocycles. The van der Waals surface area contributed by atoms with Gasteiger partial charge in [-0.25, -0.2) is 0 Å². The van der Waals surface area contributed by atoms with Crippen LogP contribution in [-0.2, 0) is 9.47 Å². The molecule has 0 fully saturated rings. The molecule has 8 heavy (non-hydrogen) atoms. The maximum atomic E-state index is 5.12. The Labute approximate surface area is 48.1 Å². The summed E-state index contributed by atoms with van der Waals surface area (Å²) in [5.74, 6) is 2.79. The van der Waals surface area contributed by atoms with Crippen LogP contribution in [0.1, 0.15) is 13.3 Å². The van der Waals surface area contributed by atoms with Gasteiger partial charge < -0.3 is 9.47 Å². The lowest BCUT2D eigenvalue weighted by Gasteiger charge is -2.19. The first-order valence-corrected chi connectivity index (χ1v) is 2.86. The molecule has 2 nitrogen and oxygen atoms in total. The van der Waals surface area contributed by atoms with E-state index in [0.717, 1.165) is 17.9 Å². The minimum Gasteiger partial charge on any atom is -0.458 e. The zero-order valence-electron chi connectivity index (χ0n) is 4.81. The molecule has 1 aliphatic carbocycles. The predicted molar refractivity (Wildman–Crippen MR) is 27.8 cm³/mol. The van der Waals surface area contributed by atoms with Crippen LogP contribution in [0, 0.1) is 5.92 Å². The first-order valence-electron chi connectivity index (χ1n) is 2.86. The van der Waals surface area contributed by atoms with Crippen LogP contribution in [0.5, 0.6) is 0 Å². The summed E-state index contributed by atoms with van der Waals surface area (Å²) in [6, 6.07) is 0. The van der Waals surface area contributed by atoms with Gasteiger partial charge in [-0.15, -0.1) is 0 Å². The number of ether oxygens (including phenoxy) is 2. The lowest BCUT2D eigenvalue weighted by molar-refractivity contribution is 0.0768. The summed E-state index contributed by atoms with van der Waals surface area (Å²) in [5.41, 5.74) is 0. The van der Waals surface area contributed by atoms with E-state index in [1.807, 2.05) is 0 Å². The fourth-order valence-electron chi connectivity index (χ4n) is 1.13. The Bertz CT molecular complexity index is 149. The van der Waals surface area contributed by atoms with Crippen LogP contribution in [0.2, 0.25) is 0 Å². The molecular weight excluding hydrogens is 104 g/mol. The second kappa shape index (κ2) is 1.19. The van der Waals surface area contributed by atoms with Crippen LogP contribution in [0.4, 0.5) is 0 Å². The van der Waals surface area contributed by atoms with Crippen LogP contribution in [-0.4, -0.2) is 6.79 Å². The molecule has 1 unspecified atom stereocenters. The smallest absolute Gasteiger partial charge is 0.230 e. The van der Waals surface area contributed by atoms with Gasteiger partial charge in [0.15, 0.2) is 0 Å². The molecule has 0 spiro atoms. The molecule has 44 valence electrons. The van der Waals surface area contributed by atoms with E-state index in [-0.39, 0.29) is 0 Å². The van der Waals surface area contributed by atoms with Crippen molar-refractivity contribution in [3.05, 3.63) is 11.5 Å². The van der Waals surface area contributed by atoms with Gasteiger partial charge in [0.25, 0.3) is 0 Å². The van der Waals surface area contributed by atoms with E-state index >= 15 is 0 Å². The Morgan fingerprint density at radius 2 is 2.38 bits per heavy atom. The Morgan fingerprint density at radius 3 is 2.88 bits per heavy atom. The van der Waals surface area contributed by atoms with Gasteiger partial charge in [-0.2, -0.15) is 0 Å². The monoisotopic (exact) mass is 112 g/mol. The minimum absolute atomic E-state index is 0.453. The third-order valence-electron chi connectivity index (χ3n) is 1.66. The molecule has 0 saturated heterocycles. The summed E-state index contributed by atoms with van der Waals surface area (Å²) in [6.07, 6.45) is 1.08.